The van der Waals surface area contributed by atoms with Gasteiger partial charge in [-0.25, -0.2) is 4.79 Å². The highest BCUT2D eigenvalue weighted by atomic mass is 16.4. The van der Waals surface area contributed by atoms with Gasteiger partial charge in [-0.2, -0.15) is 0 Å². The van der Waals surface area contributed by atoms with Crippen LogP contribution in [0.2, 0.25) is 0 Å². The number of hydrogen-bond donors (Lipinski definition) is 2. The smallest absolute Gasteiger partial charge is 0.409 e. The molecule has 3 rings (SSSR count). The van der Waals surface area contributed by atoms with Crippen molar-refractivity contribution in [3.8, 4) is 11.1 Å². The zero-order valence-electron chi connectivity index (χ0n) is 15.0. The molecule has 1 atom stereocenters. The van der Waals surface area contributed by atoms with E-state index in [-0.39, 0.29) is 18.9 Å². The first-order valence-corrected chi connectivity index (χ1v) is 8.59. The molecule has 0 radical (unpaired) electrons. The van der Waals surface area contributed by atoms with Crippen molar-refractivity contribution in [3.63, 3.8) is 0 Å². The summed E-state index contributed by atoms with van der Waals surface area (Å²) >= 11 is 0. The lowest BCUT2D eigenvalue weighted by molar-refractivity contribution is -0.130. The Kier molecular flexibility index (Phi) is 4.95. The minimum Gasteiger partial charge on any atom is -0.465 e. The quantitative estimate of drug-likeness (QED) is 0.884. The van der Waals surface area contributed by atoms with Gasteiger partial charge in [0, 0.05) is 18.8 Å². The Hall–Kier alpha value is -2.86. The number of carboxylic acid groups (broad SMARTS) is 1. The molecule has 2 N–H and O–H groups in total. The number of benzene rings is 2. The predicted molar refractivity (Wildman–Crippen MR) is 101 cm³/mol. The van der Waals surface area contributed by atoms with Gasteiger partial charge in [0.2, 0.25) is 0 Å². The van der Waals surface area contributed by atoms with Gasteiger partial charge in [-0.3, -0.25) is 15.0 Å². The zero-order chi connectivity index (χ0) is 18.7. The van der Waals surface area contributed by atoms with Crippen LogP contribution in [-0.2, 0) is 4.79 Å². The van der Waals surface area contributed by atoms with Crippen LogP contribution in [-0.4, -0.2) is 54.2 Å². The number of nitrogens with zero attached hydrogens (tertiary/aromatic N) is 2. The zero-order valence-corrected chi connectivity index (χ0v) is 15.0. The minimum atomic E-state index is -1.24. The molecule has 136 valence electrons. The Morgan fingerprint density at radius 2 is 1.73 bits per heavy atom. The largest absolute Gasteiger partial charge is 0.465 e. The molecule has 26 heavy (non-hydrogen) atoms. The van der Waals surface area contributed by atoms with Crippen molar-refractivity contribution >= 4 is 17.6 Å². The van der Waals surface area contributed by atoms with Crippen LogP contribution in [0.5, 0.6) is 0 Å². The fraction of sp³-hybridized carbons (Fsp3) is 0.300. The second-order valence-corrected chi connectivity index (χ2v) is 6.44. The second kappa shape index (κ2) is 7.17. The molecule has 2 aromatic rings. The Labute approximate surface area is 153 Å². The molecule has 0 aromatic heterocycles. The number of anilines is 1. The molecule has 1 heterocycles. The number of carbonyl (C=O) groups is 2. The molecule has 1 fully saturated rings. The molecule has 2 aromatic carbocycles. The second-order valence-electron chi connectivity index (χ2n) is 6.44. The van der Waals surface area contributed by atoms with Gasteiger partial charge < -0.3 is 10.0 Å². The summed E-state index contributed by atoms with van der Waals surface area (Å²) in [6, 6.07) is 18.2. The van der Waals surface area contributed by atoms with Crippen molar-refractivity contribution in [1.82, 2.24) is 10.2 Å². The number of ketones is 1. The molecule has 0 saturated carbocycles. The minimum absolute atomic E-state index is 0.216. The maximum atomic E-state index is 12.3. The molecule has 0 spiro atoms. The molecule has 1 aliphatic rings. The molecular weight excluding hydrogens is 330 g/mol. The van der Waals surface area contributed by atoms with Crippen LogP contribution in [0.25, 0.3) is 11.1 Å². The normalized spacial score (nSPS) is 20.1. The first-order chi connectivity index (χ1) is 12.5. The lowest BCUT2D eigenvalue weighted by Crippen LogP contribution is -2.73. The van der Waals surface area contributed by atoms with Gasteiger partial charge in [-0.15, -0.1) is 0 Å². The highest BCUT2D eigenvalue weighted by molar-refractivity contribution is 5.90. The van der Waals surface area contributed by atoms with Gasteiger partial charge in [0.25, 0.3) is 0 Å². The average molecular weight is 353 g/mol. The number of carbonyl (C=O) groups excluding carboxylic acids is 1. The molecule has 1 unspecified atom stereocenters. The van der Waals surface area contributed by atoms with E-state index in [0.29, 0.717) is 6.54 Å². The summed E-state index contributed by atoms with van der Waals surface area (Å²) < 4.78 is 0. The Bertz CT molecular complexity index is 809. The van der Waals surface area contributed by atoms with E-state index in [0.717, 1.165) is 16.8 Å². The summed E-state index contributed by atoms with van der Waals surface area (Å²) in [6.45, 7) is 2.48. The first-order valence-electron chi connectivity index (χ1n) is 8.59. The molecule has 6 heteroatoms. The topological polar surface area (TPSA) is 72.9 Å². The van der Waals surface area contributed by atoms with Crippen molar-refractivity contribution in [2.45, 2.75) is 12.6 Å². The molecule has 6 nitrogen and oxygen atoms in total. The summed E-state index contributed by atoms with van der Waals surface area (Å²) in [5.74, 6) is -0.216. The van der Waals surface area contributed by atoms with Crippen LogP contribution in [0, 0.1) is 0 Å². The Balaban J connectivity index is 1.93. The fourth-order valence-electron chi connectivity index (χ4n) is 3.54. The summed E-state index contributed by atoms with van der Waals surface area (Å²) in [7, 11) is 1.63. The molecule has 1 saturated heterocycles. The number of likely N-dealkylation sites (N-methyl/N-ethyl adjacent to an activating group) is 1. The third-order valence-electron chi connectivity index (χ3n) is 5.02. The van der Waals surface area contributed by atoms with E-state index in [2.05, 4.69) is 28.4 Å². The van der Waals surface area contributed by atoms with Crippen LogP contribution >= 0.6 is 0 Å². The van der Waals surface area contributed by atoms with Gasteiger partial charge in [0.1, 0.15) is 0 Å². The van der Waals surface area contributed by atoms with Gasteiger partial charge in [0.15, 0.2) is 11.4 Å². The highest BCUT2D eigenvalue weighted by Crippen LogP contribution is 2.29. The number of piperazine rings is 1. The van der Waals surface area contributed by atoms with Crippen LogP contribution < -0.4 is 10.2 Å². The standard InChI is InChI=1S/C20H23N3O3/c1-15(24)20(21-2)14-22(11-12-23(20)19(25)26)18-10-6-9-17(13-18)16-7-4-3-5-8-16/h3-10,13,21H,11-12,14H2,1-2H3,(H,25,26). The van der Waals surface area contributed by atoms with E-state index >= 15 is 0 Å². The number of nitrogens with one attached hydrogen (secondary N) is 1. The maximum Gasteiger partial charge on any atom is 0.409 e. The van der Waals surface area contributed by atoms with Crippen LogP contribution in [0.15, 0.2) is 54.6 Å². The van der Waals surface area contributed by atoms with E-state index in [1.165, 1.54) is 11.8 Å². The van der Waals surface area contributed by atoms with E-state index in [1.54, 1.807) is 7.05 Å². The summed E-state index contributed by atoms with van der Waals surface area (Å²) in [5.41, 5.74) is 1.93. The third-order valence-corrected chi connectivity index (χ3v) is 5.02. The number of amides is 1. The van der Waals surface area contributed by atoms with Crippen LogP contribution in [0.4, 0.5) is 10.5 Å². The summed E-state index contributed by atoms with van der Waals surface area (Å²) in [6.07, 6.45) is -1.09. The Morgan fingerprint density at radius 1 is 1.04 bits per heavy atom. The maximum absolute atomic E-state index is 12.3. The third kappa shape index (κ3) is 3.15. The van der Waals surface area contributed by atoms with Gasteiger partial charge >= 0.3 is 6.09 Å². The van der Waals surface area contributed by atoms with E-state index in [4.69, 9.17) is 0 Å². The average Bonchev–Trinajstić information content (AvgIpc) is 2.68. The summed E-state index contributed by atoms with van der Waals surface area (Å²) in [5, 5.41) is 12.5. The molecular formula is C20H23N3O3. The SMILES string of the molecule is CNC1(C(C)=O)CN(c2cccc(-c3ccccc3)c2)CCN1C(=O)O. The first kappa shape index (κ1) is 17.9. The monoisotopic (exact) mass is 353 g/mol. The van der Waals surface area contributed by atoms with Crippen molar-refractivity contribution in [2.24, 2.45) is 0 Å². The lowest BCUT2D eigenvalue weighted by atomic mass is 9.98. The highest BCUT2D eigenvalue weighted by Gasteiger charge is 2.47. The van der Waals surface area contributed by atoms with Gasteiger partial charge in [-0.05, 0) is 37.2 Å². The number of Topliss-reactive ketones (excluding diaryl/α,β-unsaturated/α-hetero) is 1. The fourth-order valence-corrected chi connectivity index (χ4v) is 3.54. The van der Waals surface area contributed by atoms with E-state index in [1.807, 2.05) is 36.4 Å². The van der Waals surface area contributed by atoms with Gasteiger partial charge in [0.05, 0.1) is 6.54 Å². The molecule has 1 amide bonds. The number of rotatable bonds is 4. The Morgan fingerprint density at radius 3 is 2.35 bits per heavy atom. The predicted octanol–water partition coefficient (Wildman–Crippen LogP) is 2.66. The van der Waals surface area contributed by atoms with Crippen molar-refractivity contribution < 1.29 is 14.7 Å². The van der Waals surface area contributed by atoms with E-state index in [9.17, 15) is 14.7 Å². The number of hydrogen-bond acceptors (Lipinski definition) is 4. The van der Waals surface area contributed by atoms with Crippen molar-refractivity contribution in [3.05, 3.63) is 54.6 Å². The molecule has 0 aliphatic carbocycles. The molecule has 0 bridgehead atoms. The summed E-state index contributed by atoms with van der Waals surface area (Å²) in [4.78, 5) is 27.2. The van der Waals surface area contributed by atoms with Crippen LogP contribution in [0.3, 0.4) is 0 Å². The molecule has 1 aliphatic heterocycles. The van der Waals surface area contributed by atoms with E-state index < -0.39 is 11.8 Å². The lowest BCUT2D eigenvalue weighted by Gasteiger charge is -2.48. The van der Waals surface area contributed by atoms with Crippen LogP contribution in [0.1, 0.15) is 6.92 Å². The van der Waals surface area contributed by atoms with Crippen molar-refractivity contribution in [1.29, 1.82) is 0 Å². The van der Waals surface area contributed by atoms with Gasteiger partial charge in [-0.1, -0.05) is 42.5 Å². The van der Waals surface area contributed by atoms with Crippen molar-refractivity contribution in [2.75, 3.05) is 31.6 Å².